The number of furan rings is 1. The Morgan fingerprint density at radius 2 is 2.21 bits per heavy atom. The van der Waals surface area contributed by atoms with Crippen molar-refractivity contribution in [2.45, 2.75) is 13.5 Å². The van der Waals surface area contributed by atoms with Crippen LogP contribution in [0.15, 0.2) is 34.7 Å². The fraction of sp³-hybridized carbons (Fsp3) is 0.214. The molecule has 4 nitrogen and oxygen atoms in total. The number of rotatable bonds is 5. The van der Waals surface area contributed by atoms with E-state index in [4.69, 9.17) is 14.4 Å². The van der Waals surface area contributed by atoms with Crippen LogP contribution in [-0.4, -0.2) is 6.61 Å². The van der Waals surface area contributed by atoms with Crippen molar-refractivity contribution in [3.8, 4) is 11.8 Å². The van der Waals surface area contributed by atoms with Gasteiger partial charge in [-0.2, -0.15) is 5.26 Å². The van der Waals surface area contributed by atoms with Gasteiger partial charge >= 0.3 is 0 Å². The van der Waals surface area contributed by atoms with Gasteiger partial charge in [-0.15, -0.1) is 0 Å². The van der Waals surface area contributed by atoms with Crippen molar-refractivity contribution in [2.24, 2.45) is 0 Å². The van der Waals surface area contributed by atoms with Crippen LogP contribution in [0.3, 0.4) is 0 Å². The van der Waals surface area contributed by atoms with Crippen LogP contribution in [0.5, 0.6) is 5.75 Å². The molecule has 0 saturated heterocycles. The Balaban J connectivity index is 2.00. The summed E-state index contributed by atoms with van der Waals surface area (Å²) in [6.45, 7) is 2.61. The second-order valence-electron chi connectivity index (χ2n) is 3.81. The number of hydrogen-bond donors (Lipinski definition) is 1. The first kappa shape index (κ1) is 13.0. The molecule has 0 amide bonds. The van der Waals surface area contributed by atoms with Crippen LogP contribution in [0, 0.1) is 17.1 Å². The van der Waals surface area contributed by atoms with Gasteiger partial charge < -0.3 is 14.5 Å². The first-order valence-electron chi connectivity index (χ1n) is 5.88. The predicted molar refractivity (Wildman–Crippen MR) is 68.3 cm³/mol. The molecule has 0 aliphatic rings. The summed E-state index contributed by atoms with van der Waals surface area (Å²) in [6, 6.07) is 9.86. The molecule has 0 unspecified atom stereocenters. The molecular weight excluding hydrogens is 247 g/mol. The molecule has 0 fully saturated rings. The molecule has 0 atom stereocenters. The van der Waals surface area contributed by atoms with Crippen LogP contribution in [0.25, 0.3) is 0 Å². The lowest BCUT2D eigenvalue weighted by Crippen LogP contribution is -2.00. The average molecular weight is 260 g/mol. The van der Waals surface area contributed by atoms with E-state index in [2.05, 4.69) is 5.32 Å². The summed E-state index contributed by atoms with van der Waals surface area (Å²) in [6.07, 6.45) is 0. The smallest absolute Gasteiger partial charge is 0.203 e. The molecule has 2 aromatic rings. The molecule has 0 bridgehead atoms. The van der Waals surface area contributed by atoms with Crippen molar-refractivity contribution in [1.82, 2.24) is 0 Å². The van der Waals surface area contributed by atoms with E-state index < -0.39 is 5.82 Å². The number of halogens is 1. The van der Waals surface area contributed by atoms with Crippen molar-refractivity contribution in [3.05, 3.63) is 47.7 Å². The fourth-order valence-electron chi connectivity index (χ4n) is 1.61. The van der Waals surface area contributed by atoms with Gasteiger partial charge in [0, 0.05) is 11.8 Å². The largest absolute Gasteiger partial charge is 0.491 e. The van der Waals surface area contributed by atoms with Gasteiger partial charge in [-0.05, 0) is 31.2 Å². The highest BCUT2D eigenvalue weighted by molar-refractivity contribution is 5.47. The zero-order valence-electron chi connectivity index (χ0n) is 10.4. The topological polar surface area (TPSA) is 58.2 Å². The van der Waals surface area contributed by atoms with E-state index in [0.717, 1.165) is 0 Å². The van der Waals surface area contributed by atoms with Gasteiger partial charge in [0.25, 0.3) is 0 Å². The third-order valence-corrected chi connectivity index (χ3v) is 2.47. The summed E-state index contributed by atoms with van der Waals surface area (Å²) in [5.74, 6) is 0.697. The Bertz CT molecular complexity index is 602. The first-order valence-corrected chi connectivity index (χ1v) is 5.88. The van der Waals surface area contributed by atoms with E-state index >= 15 is 0 Å². The van der Waals surface area contributed by atoms with Crippen LogP contribution in [0.2, 0.25) is 0 Å². The van der Waals surface area contributed by atoms with E-state index in [-0.39, 0.29) is 11.5 Å². The number of hydrogen-bond acceptors (Lipinski definition) is 4. The van der Waals surface area contributed by atoms with Crippen molar-refractivity contribution in [1.29, 1.82) is 5.26 Å². The highest BCUT2D eigenvalue weighted by atomic mass is 19.1. The van der Waals surface area contributed by atoms with Gasteiger partial charge in [-0.3, -0.25) is 0 Å². The maximum Gasteiger partial charge on any atom is 0.203 e. The lowest BCUT2D eigenvalue weighted by molar-refractivity contribution is 0.321. The van der Waals surface area contributed by atoms with Crippen LogP contribution < -0.4 is 10.1 Å². The van der Waals surface area contributed by atoms with Gasteiger partial charge in [-0.1, -0.05) is 0 Å². The minimum Gasteiger partial charge on any atom is -0.491 e. The molecule has 1 aromatic heterocycles. The highest BCUT2D eigenvalue weighted by Crippen LogP contribution is 2.21. The average Bonchev–Trinajstić information content (AvgIpc) is 2.87. The molecule has 0 aliphatic heterocycles. The normalized spacial score (nSPS) is 9.95. The lowest BCUT2D eigenvalue weighted by atomic mass is 10.3. The molecular formula is C14H13FN2O2. The third-order valence-electron chi connectivity index (χ3n) is 2.47. The van der Waals surface area contributed by atoms with Gasteiger partial charge in [0.05, 0.1) is 13.2 Å². The molecule has 98 valence electrons. The summed E-state index contributed by atoms with van der Waals surface area (Å²) in [4.78, 5) is 0. The Morgan fingerprint density at radius 3 is 2.84 bits per heavy atom. The Labute approximate surface area is 110 Å². The molecule has 0 spiro atoms. The van der Waals surface area contributed by atoms with Gasteiger partial charge in [0.1, 0.15) is 11.8 Å². The van der Waals surface area contributed by atoms with Crippen molar-refractivity contribution in [2.75, 3.05) is 11.9 Å². The summed E-state index contributed by atoms with van der Waals surface area (Å²) in [7, 11) is 0. The van der Waals surface area contributed by atoms with Crippen LogP contribution >= 0.6 is 0 Å². The fourth-order valence-corrected chi connectivity index (χ4v) is 1.61. The maximum atomic E-state index is 13.6. The number of anilines is 1. The second kappa shape index (κ2) is 5.91. The summed E-state index contributed by atoms with van der Waals surface area (Å²) < 4.78 is 23.9. The maximum absolute atomic E-state index is 13.6. The number of ether oxygens (including phenoxy) is 1. The minimum atomic E-state index is -0.413. The van der Waals surface area contributed by atoms with Crippen molar-refractivity contribution in [3.63, 3.8) is 0 Å². The molecule has 19 heavy (non-hydrogen) atoms. The molecule has 0 aliphatic carbocycles. The molecule has 5 heteroatoms. The Morgan fingerprint density at radius 1 is 1.37 bits per heavy atom. The van der Waals surface area contributed by atoms with E-state index in [1.165, 1.54) is 6.07 Å². The quantitative estimate of drug-likeness (QED) is 0.896. The van der Waals surface area contributed by atoms with Crippen molar-refractivity contribution >= 4 is 5.69 Å². The van der Waals surface area contributed by atoms with Crippen molar-refractivity contribution < 1.29 is 13.5 Å². The first-order chi connectivity index (χ1) is 9.22. The zero-order valence-corrected chi connectivity index (χ0v) is 10.4. The van der Waals surface area contributed by atoms with Crippen LogP contribution in [-0.2, 0) is 6.54 Å². The monoisotopic (exact) mass is 260 g/mol. The molecule has 1 heterocycles. The minimum absolute atomic E-state index is 0.234. The third kappa shape index (κ3) is 3.26. The van der Waals surface area contributed by atoms with Crippen LogP contribution in [0.4, 0.5) is 10.1 Å². The Kier molecular flexibility index (Phi) is 4.04. The number of nitrogens with one attached hydrogen (secondary N) is 1. The molecule has 0 saturated carbocycles. The number of nitrogens with zero attached hydrogens (tertiary/aromatic N) is 1. The predicted octanol–water partition coefficient (Wildman–Crippen LogP) is 3.30. The lowest BCUT2D eigenvalue weighted by Gasteiger charge is -2.08. The molecule has 0 radical (unpaired) electrons. The molecule has 2 rings (SSSR count). The SMILES string of the molecule is CCOc1ccc(NCc2ccc(C#N)o2)cc1F. The standard InChI is InChI=1S/C14H13FN2O2/c1-2-18-14-6-3-10(7-13(14)15)17-9-12-5-4-11(8-16)19-12/h3-7,17H,2,9H2,1H3. The molecule has 1 N–H and O–H groups in total. The van der Waals surface area contributed by atoms with Gasteiger partial charge in [0.2, 0.25) is 5.76 Å². The van der Waals surface area contributed by atoms with E-state index in [1.807, 2.05) is 6.07 Å². The van der Waals surface area contributed by atoms with Crippen LogP contribution in [0.1, 0.15) is 18.4 Å². The second-order valence-corrected chi connectivity index (χ2v) is 3.81. The zero-order chi connectivity index (χ0) is 13.7. The summed E-state index contributed by atoms with van der Waals surface area (Å²) in [5, 5.41) is 11.6. The van der Waals surface area contributed by atoms with Gasteiger partial charge in [0.15, 0.2) is 11.6 Å². The van der Waals surface area contributed by atoms with E-state index in [0.29, 0.717) is 24.6 Å². The van der Waals surface area contributed by atoms with E-state index in [1.54, 1.807) is 31.2 Å². The van der Waals surface area contributed by atoms with E-state index in [9.17, 15) is 4.39 Å². The number of benzene rings is 1. The summed E-state index contributed by atoms with van der Waals surface area (Å²) in [5.41, 5.74) is 0.621. The Hall–Kier alpha value is -2.48. The summed E-state index contributed by atoms with van der Waals surface area (Å²) >= 11 is 0. The molecule has 1 aromatic carbocycles. The number of nitriles is 1. The highest BCUT2D eigenvalue weighted by Gasteiger charge is 2.05. The van der Waals surface area contributed by atoms with Gasteiger partial charge in [-0.25, -0.2) is 4.39 Å².